The Bertz CT molecular complexity index is 1740. The molecule has 1 fully saturated rings. The number of halogens is 3. The molecular formula is C31H30F3N6PS. The van der Waals surface area contributed by atoms with Crippen LogP contribution >= 0.6 is 19.9 Å². The lowest BCUT2D eigenvalue weighted by Crippen LogP contribution is -2.43. The molecule has 42 heavy (non-hydrogen) atoms. The van der Waals surface area contributed by atoms with Crippen LogP contribution < -0.4 is 21.3 Å². The number of nitrogens with two attached hydrogens (primary N) is 1. The third kappa shape index (κ3) is 5.67. The topological polar surface area (TPSA) is 72.0 Å². The number of piperazine rings is 1. The maximum Gasteiger partial charge on any atom is 0.416 e. The summed E-state index contributed by atoms with van der Waals surface area (Å²) in [7, 11) is 0.0762. The molecule has 0 radical (unpaired) electrons. The molecule has 0 bridgehead atoms. The summed E-state index contributed by atoms with van der Waals surface area (Å²) in [6.45, 7) is 9.57. The molecule has 3 aromatic heterocycles. The molecule has 1 aliphatic heterocycles. The molecule has 2 atom stereocenters. The van der Waals surface area contributed by atoms with E-state index >= 15 is 0 Å². The van der Waals surface area contributed by atoms with Gasteiger partial charge in [-0.25, -0.2) is 9.97 Å². The average molecular weight is 607 g/mol. The highest BCUT2D eigenvalue weighted by molar-refractivity contribution is 7.49. The predicted molar refractivity (Wildman–Crippen MR) is 168 cm³/mol. The molecule has 6 nitrogen and oxygen atoms in total. The third-order valence-electron chi connectivity index (χ3n) is 7.42. The van der Waals surface area contributed by atoms with Gasteiger partial charge in [-0.2, -0.15) is 13.2 Å². The number of hydrogen-bond acceptors (Lipinski definition) is 6. The number of rotatable bonds is 7. The standard InChI is InChI=1S/C31H30F3N6PS/c1-19(35)30-27(41-20(2)23-5-3-4-6-24(23)31(32,33)34)16-29(42-30)40-18-38-25-15-21(7-9-26(25)40)22-8-10-28(37-17-22)39-13-11-36-12-14-39/h3-10,15-18,20,36,41H,1,11-14,35H2,2H3. The number of nitrogens with zero attached hydrogens (tertiary/aromatic N) is 4. The second-order valence-electron chi connectivity index (χ2n) is 10.3. The van der Waals surface area contributed by atoms with Crippen molar-refractivity contribution in [1.82, 2.24) is 19.9 Å². The Kier molecular flexibility index (Phi) is 7.79. The molecule has 5 aromatic rings. The van der Waals surface area contributed by atoms with Gasteiger partial charge in [0.1, 0.15) is 17.1 Å². The first-order chi connectivity index (χ1) is 20.2. The number of alkyl halides is 3. The van der Waals surface area contributed by atoms with Gasteiger partial charge in [0, 0.05) is 49.3 Å². The van der Waals surface area contributed by atoms with E-state index in [1.54, 1.807) is 18.5 Å². The zero-order valence-electron chi connectivity index (χ0n) is 22.9. The fourth-order valence-corrected chi connectivity index (χ4v) is 8.04. The van der Waals surface area contributed by atoms with Gasteiger partial charge in [-0.1, -0.05) is 46.3 Å². The summed E-state index contributed by atoms with van der Waals surface area (Å²) in [5.74, 6) is 0.980. The van der Waals surface area contributed by atoms with Crippen LogP contribution in [0, 0.1) is 0 Å². The van der Waals surface area contributed by atoms with Crippen molar-refractivity contribution in [2.75, 3.05) is 31.1 Å². The minimum atomic E-state index is -4.41. The molecule has 2 aromatic carbocycles. The van der Waals surface area contributed by atoms with Crippen LogP contribution in [0.25, 0.3) is 32.9 Å². The van der Waals surface area contributed by atoms with Crippen molar-refractivity contribution in [3.05, 3.63) is 95.8 Å². The van der Waals surface area contributed by atoms with E-state index in [-0.39, 0.29) is 19.8 Å². The first kappa shape index (κ1) is 28.4. The van der Waals surface area contributed by atoms with Crippen LogP contribution in [0.4, 0.5) is 19.0 Å². The van der Waals surface area contributed by atoms with Gasteiger partial charge in [-0.15, -0.1) is 11.3 Å². The van der Waals surface area contributed by atoms with Crippen LogP contribution in [0.5, 0.6) is 0 Å². The second-order valence-corrected chi connectivity index (χ2v) is 13.0. The Morgan fingerprint density at radius 2 is 1.81 bits per heavy atom. The van der Waals surface area contributed by atoms with Crippen molar-refractivity contribution < 1.29 is 13.2 Å². The van der Waals surface area contributed by atoms with Gasteiger partial charge in [0.05, 0.1) is 21.5 Å². The number of pyridine rings is 1. The van der Waals surface area contributed by atoms with E-state index in [2.05, 4.69) is 40.0 Å². The van der Waals surface area contributed by atoms with Crippen LogP contribution in [0.1, 0.15) is 28.6 Å². The monoisotopic (exact) mass is 606 g/mol. The Balaban J connectivity index is 1.27. The summed E-state index contributed by atoms with van der Waals surface area (Å²) in [5.41, 5.74) is 9.67. The lowest BCUT2D eigenvalue weighted by atomic mass is 10.0. The van der Waals surface area contributed by atoms with Crippen molar-refractivity contribution in [3.63, 3.8) is 0 Å². The van der Waals surface area contributed by atoms with Crippen LogP contribution in [-0.2, 0) is 6.18 Å². The number of anilines is 1. The van der Waals surface area contributed by atoms with E-state index in [0.29, 0.717) is 5.70 Å². The van der Waals surface area contributed by atoms with Crippen LogP contribution in [0.2, 0.25) is 0 Å². The Hall–Kier alpha value is -3.72. The van der Waals surface area contributed by atoms with Crippen LogP contribution in [-0.4, -0.2) is 40.7 Å². The predicted octanol–water partition coefficient (Wildman–Crippen LogP) is 6.57. The van der Waals surface area contributed by atoms with Gasteiger partial charge in [-0.3, -0.25) is 4.57 Å². The smallest absolute Gasteiger partial charge is 0.398 e. The van der Waals surface area contributed by atoms with Crippen molar-refractivity contribution in [2.24, 2.45) is 5.73 Å². The molecule has 1 aliphatic rings. The fourth-order valence-electron chi connectivity index (χ4n) is 5.29. The molecule has 0 aliphatic carbocycles. The summed E-state index contributed by atoms with van der Waals surface area (Å²) in [5, 5.41) is 5.13. The van der Waals surface area contributed by atoms with Crippen molar-refractivity contribution in [3.8, 4) is 16.1 Å². The summed E-state index contributed by atoms with van der Waals surface area (Å²) >= 11 is 1.47. The first-order valence-corrected chi connectivity index (χ1v) is 15.5. The van der Waals surface area contributed by atoms with E-state index in [1.807, 2.05) is 35.9 Å². The molecule has 0 amide bonds. The van der Waals surface area contributed by atoms with E-state index in [9.17, 15) is 13.2 Å². The Morgan fingerprint density at radius 1 is 1.05 bits per heavy atom. The lowest BCUT2D eigenvalue weighted by Gasteiger charge is -2.28. The third-order valence-corrected chi connectivity index (χ3v) is 10.3. The number of hydrogen-bond donors (Lipinski definition) is 2. The maximum atomic E-state index is 13.7. The molecule has 1 saturated heterocycles. The van der Waals surface area contributed by atoms with Crippen molar-refractivity contribution in [1.29, 1.82) is 0 Å². The van der Waals surface area contributed by atoms with E-state index in [4.69, 9.17) is 10.7 Å². The quantitative estimate of drug-likeness (QED) is 0.205. The van der Waals surface area contributed by atoms with E-state index in [1.165, 1.54) is 17.4 Å². The molecular weight excluding hydrogens is 576 g/mol. The molecule has 0 spiro atoms. The largest absolute Gasteiger partial charge is 0.416 e. The van der Waals surface area contributed by atoms with Gasteiger partial charge in [0.15, 0.2) is 0 Å². The maximum absolute atomic E-state index is 13.7. The number of nitrogens with one attached hydrogen (secondary N) is 1. The highest BCUT2D eigenvalue weighted by atomic mass is 32.1. The van der Waals surface area contributed by atoms with Gasteiger partial charge in [0.2, 0.25) is 0 Å². The van der Waals surface area contributed by atoms with Crippen molar-refractivity contribution >= 4 is 47.8 Å². The summed E-state index contributed by atoms with van der Waals surface area (Å²) in [4.78, 5) is 12.4. The molecule has 2 unspecified atom stereocenters. The highest BCUT2D eigenvalue weighted by Crippen LogP contribution is 2.43. The van der Waals surface area contributed by atoms with Gasteiger partial charge in [0.25, 0.3) is 0 Å². The molecule has 216 valence electrons. The normalized spacial score (nSPS) is 15.1. The lowest BCUT2D eigenvalue weighted by molar-refractivity contribution is -0.138. The van der Waals surface area contributed by atoms with Gasteiger partial charge >= 0.3 is 6.18 Å². The first-order valence-electron chi connectivity index (χ1n) is 13.6. The highest BCUT2D eigenvalue weighted by Gasteiger charge is 2.34. The van der Waals surface area contributed by atoms with Gasteiger partial charge in [-0.05, 0) is 52.8 Å². The number of aromatic nitrogens is 3. The molecule has 4 heterocycles. The summed E-state index contributed by atoms with van der Waals surface area (Å²) in [6, 6.07) is 18.0. The molecule has 3 N–H and O–H groups in total. The molecule has 0 saturated carbocycles. The molecule has 6 rings (SSSR count). The van der Waals surface area contributed by atoms with E-state index < -0.39 is 11.7 Å². The average Bonchev–Trinajstić information content (AvgIpc) is 3.61. The minimum Gasteiger partial charge on any atom is -0.398 e. The van der Waals surface area contributed by atoms with E-state index in [0.717, 1.165) is 75.4 Å². The fraction of sp³-hybridized carbons (Fsp3) is 0.226. The SMILES string of the molecule is C=C(N)c1sc(-n2cnc3cc(-c4ccc(N5CCNCC5)nc4)ccc32)cc1PC(C)c1ccccc1C(F)(F)F. The molecule has 11 heteroatoms. The summed E-state index contributed by atoms with van der Waals surface area (Å²) in [6.07, 6.45) is -0.739. The van der Waals surface area contributed by atoms with Crippen LogP contribution in [0.3, 0.4) is 0 Å². The zero-order valence-corrected chi connectivity index (χ0v) is 24.8. The number of thiophene rings is 1. The second kappa shape index (κ2) is 11.5. The zero-order chi connectivity index (χ0) is 29.4. The van der Waals surface area contributed by atoms with Crippen LogP contribution in [0.15, 0.2) is 79.8 Å². The Morgan fingerprint density at radius 3 is 2.52 bits per heavy atom. The van der Waals surface area contributed by atoms with Crippen molar-refractivity contribution in [2.45, 2.75) is 18.8 Å². The summed E-state index contributed by atoms with van der Waals surface area (Å²) < 4.78 is 43.0. The number of fused-ring (bicyclic) bond motifs is 1. The van der Waals surface area contributed by atoms with Gasteiger partial charge < -0.3 is 16.0 Å². The minimum absolute atomic E-state index is 0.0762. The number of benzene rings is 2. The number of imidazole rings is 1. The Labute approximate surface area is 247 Å².